The molecule has 0 nitrogen and oxygen atoms in total. The van der Waals surface area contributed by atoms with E-state index < -0.39 is 0 Å². The fourth-order valence-corrected chi connectivity index (χ4v) is 1.36. The summed E-state index contributed by atoms with van der Waals surface area (Å²) in [6, 6.07) is 3.58. The Morgan fingerprint density at radius 3 is 2.71 bits per heavy atom. The second-order valence-electron chi connectivity index (χ2n) is 3.37. The van der Waals surface area contributed by atoms with Gasteiger partial charge in [0.15, 0.2) is 0 Å². The quantitative estimate of drug-likeness (QED) is 0.640. The first-order valence-electron chi connectivity index (χ1n) is 4.71. The highest BCUT2D eigenvalue weighted by atomic mass is 19.1. The maximum absolute atomic E-state index is 13.3. The Balaban J connectivity index is 2.87. The normalized spacial score (nSPS) is 13.4. The summed E-state index contributed by atoms with van der Waals surface area (Å²) < 4.78 is 26.1. The number of allylic oxidation sites excluding steroid dienone is 2. The van der Waals surface area contributed by atoms with Gasteiger partial charge in [-0.25, -0.2) is 8.78 Å². The third kappa shape index (κ3) is 2.66. The van der Waals surface area contributed by atoms with E-state index in [-0.39, 0.29) is 17.6 Å². The van der Waals surface area contributed by atoms with Crippen LogP contribution in [0, 0.1) is 11.6 Å². The first-order chi connectivity index (χ1) is 6.65. The van der Waals surface area contributed by atoms with E-state index in [1.807, 2.05) is 26.0 Å². The molecule has 14 heavy (non-hydrogen) atoms. The lowest BCUT2D eigenvalue weighted by molar-refractivity contribution is 0.569. The number of benzene rings is 1. The fourth-order valence-electron chi connectivity index (χ4n) is 1.36. The Kier molecular flexibility index (Phi) is 3.81. The maximum Gasteiger partial charge on any atom is 0.126 e. The lowest BCUT2D eigenvalue weighted by Gasteiger charge is -2.10. The third-order valence-electron chi connectivity index (χ3n) is 2.21. The number of hydrogen-bond donors (Lipinski definition) is 0. The molecule has 0 saturated heterocycles. The Bertz CT molecular complexity index is 329. The van der Waals surface area contributed by atoms with Crippen LogP contribution < -0.4 is 0 Å². The van der Waals surface area contributed by atoms with E-state index in [2.05, 4.69) is 0 Å². The zero-order chi connectivity index (χ0) is 10.6. The fraction of sp³-hybridized carbons (Fsp3) is 0.333. The van der Waals surface area contributed by atoms with Crippen LogP contribution in [0.4, 0.5) is 8.78 Å². The second-order valence-corrected chi connectivity index (χ2v) is 3.37. The monoisotopic (exact) mass is 196 g/mol. The van der Waals surface area contributed by atoms with Crippen molar-refractivity contribution in [2.45, 2.75) is 26.2 Å². The average Bonchev–Trinajstić information content (AvgIpc) is 2.18. The van der Waals surface area contributed by atoms with Crippen LogP contribution >= 0.6 is 0 Å². The highest BCUT2D eigenvalue weighted by Crippen LogP contribution is 2.23. The van der Waals surface area contributed by atoms with Gasteiger partial charge in [-0.3, -0.25) is 0 Å². The summed E-state index contributed by atoms with van der Waals surface area (Å²) >= 11 is 0. The topological polar surface area (TPSA) is 0 Å². The molecule has 0 aromatic heterocycles. The molecule has 1 unspecified atom stereocenters. The van der Waals surface area contributed by atoms with Gasteiger partial charge < -0.3 is 0 Å². The van der Waals surface area contributed by atoms with Crippen molar-refractivity contribution in [2.24, 2.45) is 0 Å². The van der Waals surface area contributed by atoms with Crippen molar-refractivity contribution in [3.05, 3.63) is 47.5 Å². The summed E-state index contributed by atoms with van der Waals surface area (Å²) in [5.41, 5.74) is 0.447. The van der Waals surface area contributed by atoms with E-state index in [1.165, 1.54) is 12.1 Å². The molecule has 1 aromatic rings. The molecule has 1 aromatic carbocycles. The second kappa shape index (κ2) is 4.89. The van der Waals surface area contributed by atoms with Crippen molar-refractivity contribution in [1.82, 2.24) is 0 Å². The van der Waals surface area contributed by atoms with Crippen molar-refractivity contribution < 1.29 is 8.78 Å². The van der Waals surface area contributed by atoms with Crippen LogP contribution in [-0.2, 0) is 0 Å². The van der Waals surface area contributed by atoms with E-state index >= 15 is 0 Å². The van der Waals surface area contributed by atoms with E-state index in [4.69, 9.17) is 0 Å². The van der Waals surface area contributed by atoms with E-state index in [0.29, 0.717) is 5.56 Å². The lowest BCUT2D eigenvalue weighted by atomic mass is 9.97. The summed E-state index contributed by atoms with van der Waals surface area (Å²) in [4.78, 5) is 0. The molecule has 2 heteroatoms. The minimum absolute atomic E-state index is 0.0156. The van der Waals surface area contributed by atoms with Crippen LogP contribution in [0.1, 0.15) is 31.7 Å². The van der Waals surface area contributed by atoms with Gasteiger partial charge in [-0.15, -0.1) is 0 Å². The zero-order valence-corrected chi connectivity index (χ0v) is 8.43. The van der Waals surface area contributed by atoms with Crippen molar-refractivity contribution in [3.8, 4) is 0 Å². The molecule has 76 valence electrons. The molecule has 0 fully saturated rings. The Morgan fingerprint density at radius 2 is 2.07 bits per heavy atom. The Hall–Kier alpha value is -1.18. The molecule has 0 bridgehead atoms. The SMILES string of the molecule is C/C=C\CC(C)c1cc(F)ccc1F. The van der Waals surface area contributed by atoms with Gasteiger partial charge >= 0.3 is 0 Å². The van der Waals surface area contributed by atoms with Gasteiger partial charge in [0.2, 0.25) is 0 Å². The summed E-state index contributed by atoms with van der Waals surface area (Å²) in [5, 5.41) is 0. The summed E-state index contributed by atoms with van der Waals surface area (Å²) in [5.74, 6) is -0.695. The summed E-state index contributed by atoms with van der Waals surface area (Å²) in [7, 11) is 0. The molecular formula is C12H14F2. The molecule has 0 amide bonds. The predicted molar refractivity (Wildman–Crippen MR) is 54.2 cm³/mol. The number of rotatable bonds is 3. The molecule has 0 aliphatic heterocycles. The molecular weight excluding hydrogens is 182 g/mol. The minimum atomic E-state index is -0.381. The molecule has 0 N–H and O–H groups in total. The van der Waals surface area contributed by atoms with E-state index in [9.17, 15) is 8.78 Å². The van der Waals surface area contributed by atoms with Crippen molar-refractivity contribution in [2.75, 3.05) is 0 Å². The third-order valence-corrected chi connectivity index (χ3v) is 2.21. The average molecular weight is 196 g/mol. The molecule has 0 heterocycles. The molecule has 0 saturated carbocycles. The largest absolute Gasteiger partial charge is 0.207 e. The first kappa shape index (κ1) is 10.9. The smallest absolute Gasteiger partial charge is 0.126 e. The van der Waals surface area contributed by atoms with E-state index in [1.54, 1.807) is 0 Å². The molecule has 0 aliphatic carbocycles. The van der Waals surface area contributed by atoms with Gasteiger partial charge in [0.25, 0.3) is 0 Å². The van der Waals surface area contributed by atoms with Gasteiger partial charge in [-0.05, 0) is 43.0 Å². The van der Waals surface area contributed by atoms with Crippen LogP contribution in [-0.4, -0.2) is 0 Å². The van der Waals surface area contributed by atoms with Crippen LogP contribution in [0.25, 0.3) is 0 Å². The highest BCUT2D eigenvalue weighted by Gasteiger charge is 2.10. The molecule has 1 rings (SSSR count). The minimum Gasteiger partial charge on any atom is -0.207 e. The number of halogens is 2. The van der Waals surface area contributed by atoms with Gasteiger partial charge in [-0.2, -0.15) is 0 Å². The van der Waals surface area contributed by atoms with Gasteiger partial charge in [-0.1, -0.05) is 19.1 Å². The number of hydrogen-bond acceptors (Lipinski definition) is 0. The van der Waals surface area contributed by atoms with Gasteiger partial charge in [0.1, 0.15) is 11.6 Å². The summed E-state index contributed by atoms with van der Waals surface area (Å²) in [6.45, 7) is 3.80. The molecule has 1 atom stereocenters. The highest BCUT2D eigenvalue weighted by molar-refractivity contribution is 5.22. The maximum atomic E-state index is 13.3. The van der Waals surface area contributed by atoms with Gasteiger partial charge in [0, 0.05) is 0 Å². The molecule has 0 radical (unpaired) electrons. The zero-order valence-electron chi connectivity index (χ0n) is 8.43. The molecule has 0 spiro atoms. The first-order valence-corrected chi connectivity index (χ1v) is 4.71. The standard InChI is InChI=1S/C12H14F2/c1-3-4-5-9(2)11-8-10(13)6-7-12(11)14/h3-4,6-9H,5H2,1-2H3/b4-3-. The van der Waals surface area contributed by atoms with Crippen molar-refractivity contribution in [3.63, 3.8) is 0 Å². The van der Waals surface area contributed by atoms with Crippen LogP contribution in [0.3, 0.4) is 0 Å². The van der Waals surface area contributed by atoms with Gasteiger partial charge in [0.05, 0.1) is 0 Å². The van der Waals surface area contributed by atoms with Crippen molar-refractivity contribution >= 4 is 0 Å². The molecule has 0 aliphatic rings. The van der Waals surface area contributed by atoms with Crippen LogP contribution in [0.15, 0.2) is 30.4 Å². The predicted octanol–water partition coefficient (Wildman–Crippen LogP) is 4.03. The Morgan fingerprint density at radius 1 is 1.36 bits per heavy atom. The van der Waals surface area contributed by atoms with Crippen LogP contribution in [0.5, 0.6) is 0 Å². The Labute approximate surface area is 83.3 Å². The van der Waals surface area contributed by atoms with Crippen molar-refractivity contribution in [1.29, 1.82) is 0 Å². The van der Waals surface area contributed by atoms with E-state index in [0.717, 1.165) is 12.5 Å². The summed E-state index contributed by atoms with van der Waals surface area (Å²) in [6.07, 6.45) is 4.60. The lowest BCUT2D eigenvalue weighted by Crippen LogP contribution is -1.97. The van der Waals surface area contributed by atoms with Crippen LogP contribution in [0.2, 0.25) is 0 Å².